The highest BCUT2D eigenvalue weighted by atomic mass is 19.4. The van der Waals surface area contributed by atoms with E-state index in [2.05, 4.69) is 4.98 Å². The number of aromatic nitrogens is 2. The maximum absolute atomic E-state index is 13.6. The Bertz CT molecular complexity index is 643. The van der Waals surface area contributed by atoms with E-state index in [0.717, 1.165) is 0 Å². The lowest BCUT2D eigenvalue weighted by Gasteiger charge is -2.03. The average molecular weight is 273 g/mol. The largest absolute Gasteiger partial charge is 0.432 e. The number of hydrogen-bond acceptors (Lipinski definition) is 2. The summed E-state index contributed by atoms with van der Waals surface area (Å²) in [6.45, 7) is 0. The van der Waals surface area contributed by atoms with Crippen molar-refractivity contribution in [3.8, 4) is 17.5 Å². The second kappa shape index (κ2) is 4.35. The third-order valence-electron chi connectivity index (χ3n) is 2.29. The number of nitriles is 1. The van der Waals surface area contributed by atoms with Gasteiger partial charge in [-0.2, -0.15) is 18.4 Å². The molecule has 0 aliphatic carbocycles. The van der Waals surface area contributed by atoms with Gasteiger partial charge in [0, 0.05) is 0 Å². The van der Waals surface area contributed by atoms with E-state index in [4.69, 9.17) is 5.26 Å². The SMILES string of the molecule is N#Cc1cc(F)c(-c2ncc(C(F)(F)F)[nH]2)c(F)c1. The molecule has 0 fully saturated rings. The van der Waals surface area contributed by atoms with Crippen molar-refractivity contribution in [1.29, 1.82) is 5.26 Å². The van der Waals surface area contributed by atoms with Crippen LogP contribution in [0.25, 0.3) is 11.4 Å². The Morgan fingerprint density at radius 2 is 1.74 bits per heavy atom. The number of imidazole rings is 1. The first-order chi connectivity index (χ1) is 8.82. The number of rotatable bonds is 1. The normalized spacial score (nSPS) is 11.4. The first-order valence-corrected chi connectivity index (χ1v) is 4.84. The molecule has 1 heterocycles. The van der Waals surface area contributed by atoms with Crippen LogP contribution in [0.4, 0.5) is 22.0 Å². The summed E-state index contributed by atoms with van der Waals surface area (Å²) in [4.78, 5) is 5.08. The van der Waals surface area contributed by atoms with Gasteiger partial charge in [-0.3, -0.25) is 0 Å². The van der Waals surface area contributed by atoms with Gasteiger partial charge in [-0.25, -0.2) is 13.8 Å². The molecule has 1 aromatic heterocycles. The average Bonchev–Trinajstić information content (AvgIpc) is 2.76. The van der Waals surface area contributed by atoms with Crippen molar-refractivity contribution in [3.05, 3.63) is 41.2 Å². The minimum Gasteiger partial charge on any atom is -0.334 e. The lowest BCUT2D eigenvalue weighted by molar-refractivity contribution is -0.140. The summed E-state index contributed by atoms with van der Waals surface area (Å²) in [6, 6.07) is 2.96. The van der Waals surface area contributed by atoms with E-state index >= 15 is 0 Å². The second-order valence-corrected chi connectivity index (χ2v) is 3.57. The molecule has 2 aromatic rings. The molecule has 2 rings (SSSR count). The third kappa shape index (κ3) is 2.40. The lowest BCUT2D eigenvalue weighted by atomic mass is 10.1. The van der Waals surface area contributed by atoms with E-state index in [0.29, 0.717) is 18.3 Å². The van der Waals surface area contributed by atoms with Crippen LogP contribution in [0.5, 0.6) is 0 Å². The van der Waals surface area contributed by atoms with E-state index in [1.807, 2.05) is 0 Å². The smallest absolute Gasteiger partial charge is 0.334 e. The number of halogens is 5. The fourth-order valence-electron chi connectivity index (χ4n) is 1.46. The Balaban J connectivity index is 2.55. The van der Waals surface area contributed by atoms with Gasteiger partial charge in [-0.05, 0) is 12.1 Å². The first kappa shape index (κ1) is 13.0. The van der Waals surface area contributed by atoms with Crippen LogP contribution >= 0.6 is 0 Å². The van der Waals surface area contributed by atoms with Crippen LogP contribution in [0.1, 0.15) is 11.3 Å². The Morgan fingerprint density at radius 1 is 1.16 bits per heavy atom. The summed E-state index contributed by atoms with van der Waals surface area (Å²) < 4.78 is 64.1. The molecule has 19 heavy (non-hydrogen) atoms. The number of nitrogens with zero attached hydrogens (tertiary/aromatic N) is 2. The van der Waals surface area contributed by atoms with Gasteiger partial charge in [0.2, 0.25) is 0 Å². The zero-order valence-corrected chi connectivity index (χ0v) is 9.02. The molecule has 0 unspecified atom stereocenters. The Kier molecular flexibility index (Phi) is 2.98. The summed E-state index contributed by atoms with van der Waals surface area (Å²) in [5, 5.41) is 8.50. The predicted molar refractivity (Wildman–Crippen MR) is 53.7 cm³/mol. The fraction of sp³-hybridized carbons (Fsp3) is 0.0909. The first-order valence-electron chi connectivity index (χ1n) is 4.84. The predicted octanol–water partition coefficient (Wildman–Crippen LogP) is 3.25. The number of hydrogen-bond donors (Lipinski definition) is 1. The van der Waals surface area contributed by atoms with Crippen molar-refractivity contribution >= 4 is 0 Å². The number of nitrogens with one attached hydrogen (secondary N) is 1. The van der Waals surface area contributed by atoms with Crippen LogP contribution in [-0.2, 0) is 6.18 Å². The molecule has 0 spiro atoms. The Morgan fingerprint density at radius 3 is 2.16 bits per heavy atom. The molecule has 0 aliphatic rings. The van der Waals surface area contributed by atoms with Crippen molar-refractivity contribution in [2.24, 2.45) is 0 Å². The number of aromatic amines is 1. The molecule has 1 N–H and O–H groups in total. The number of alkyl halides is 3. The van der Waals surface area contributed by atoms with Crippen molar-refractivity contribution in [3.63, 3.8) is 0 Å². The minimum absolute atomic E-state index is 0.277. The minimum atomic E-state index is -4.69. The quantitative estimate of drug-likeness (QED) is 0.811. The standard InChI is InChI=1S/C11H4F5N3/c12-6-1-5(3-17)2-7(13)9(6)10-18-4-8(19-10)11(14,15)16/h1-2,4H,(H,18,19). The highest BCUT2D eigenvalue weighted by Gasteiger charge is 2.33. The van der Waals surface area contributed by atoms with Gasteiger partial charge in [-0.15, -0.1) is 0 Å². The van der Waals surface area contributed by atoms with Gasteiger partial charge >= 0.3 is 6.18 Å². The molecule has 0 amide bonds. The van der Waals surface area contributed by atoms with E-state index in [-0.39, 0.29) is 5.56 Å². The zero-order valence-electron chi connectivity index (χ0n) is 9.02. The second-order valence-electron chi connectivity index (χ2n) is 3.57. The van der Waals surface area contributed by atoms with Crippen LogP contribution in [-0.4, -0.2) is 9.97 Å². The van der Waals surface area contributed by atoms with Crippen LogP contribution < -0.4 is 0 Å². The van der Waals surface area contributed by atoms with Crippen molar-refractivity contribution in [2.45, 2.75) is 6.18 Å². The molecular formula is C11H4F5N3. The Hall–Kier alpha value is -2.43. The van der Waals surface area contributed by atoms with Crippen LogP contribution in [0.15, 0.2) is 18.3 Å². The summed E-state index contributed by atoms with van der Waals surface area (Å²) in [7, 11) is 0. The molecule has 0 aliphatic heterocycles. The summed E-state index contributed by atoms with van der Waals surface area (Å²) in [6.07, 6.45) is -4.25. The van der Waals surface area contributed by atoms with E-state index in [1.54, 1.807) is 4.98 Å². The van der Waals surface area contributed by atoms with E-state index in [1.165, 1.54) is 6.07 Å². The molecule has 0 radical (unpaired) electrons. The van der Waals surface area contributed by atoms with Gasteiger partial charge in [0.15, 0.2) is 0 Å². The summed E-state index contributed by atoms with van der Waals surface area (Å²) in [5.41, 5.74) is -2.23. The van der Waals surface area contributed by atoms with Gasteiger partial charge in [-0.1, -0.05) is 0 Å². The monoisotopic (exact) mass is 273 g/mol. The highest BCUT2D eigenvalue weighted by molar-refractivity contribution is 5.59. The molecular weight excluding hydrogens is 269 g/mol. The van der Waals surface area contributed by atoms with Crippen LogP contribution in [0.2, 0.25) is 0 Å². The summed E-state index contributed by atoms with van der Waals surface area (Å²) >= 11 is 0. The van der Waals surface area contributed by atoms with E-state index < -0.39 is 34.9 Å². The molecule has 1 aromatic carbocycles. The molecule has 0 bridgehead atoms. The topological polar surface area (TPSA) is 52.5 Å². The van der Waals surface area contributed by atoms with E-state index in [9.17, 15) is 22.0 Å². The molecule has 0 atom stereocenters. The van der Waals surface area contributed by atoms with Crippen molar-refractivity contribution in [2.75, 3.05) is 0 Å². The van der Waals surface area contributed by atoms with Gasteiger partial charge in [0.1, 0.15) is 23.2 Å². The van der Waals surface area contributed by atoms with Crippen molar-refractivity contribution in [1.82, 2.24) is 9.97 Å². The van der Waals surface area contributed by atoms with Gasteiger partial charge in [0.25, 0.3) is 0 Å². The maximum atomic E-state index is 13.6. The fourth-order valence-corrected chi connectivity index (χ4v) is 1.46. The zero-order chi connectivity index (χ0) is 14.2. The third-order valence-corrected chi connectivity index (χ3v) is 2.29. The molecule has 0 saturated heterocycles. The lowest BCUT2D eigenvalue weighted by Crippen LogP contribution is -2.05. The summed E-state index contributed by atoms with van der Waals surface area (Å²) in [5.74, 6) is -2.92. The molecule has 98 valence electrons. The molecule has 8 heteroatoms. The van der Waals surface area contributed by atoms with Gasteiger partial charge < -0.3 is 4.98 Å². The Labute approximate surface area is 103 Å². The van der Waals surface area contributed by atoms with Crippen molar-refractivity contribution < 1.29 is 22.0 Å². The van der Waals surface area contributed by atoms with Gasteiger partial charge in [0.05, 0.1) is 23.4 Å². The molecule has 3 nitrogen and oxygen atoms in total. The number of H-pyrrole nitrogens is 1. The van der Waals surface area contributed by atoms with Crippen LogP contribution in [0.3, 0.4) is 0 Å². The number of benzene rings is 1. The van der Waals surface area contributed by atoms with Crippen LogP contribution in [0, 0.1) is 23.0 Å². The molecule has 0 saturated carbocycles. The highest BCUT2D eigenvalue weighted by Crippen LogP contribution is 2.31. The maximum Gasteiger partial charge on any atom is 0.432 e.